The number of hydrogen-bond acceptors (Lipinski definition) is 3. The second kappa shape index (κ2) is 4.00. The Hall–Kier alpha value is -2.00. The summed E-state index contributed by atoms with van der Waals surface area (Å²) in [6.45, 7) is 6.12. The van der Waals surface area contributed by atoms with Crippen molar-refractivity contribution in [3.05, 3.63) is 58.7 Å². The lowest BCUT2D eigenvalue weighted by atomic mass is 9.96. The van der Waals surface area contributed by atoms with Crippen molar-refractivity contribution in [1.82, 2.24) is 0 Å². The van der Waals surface area contributed by atoms with E-state index < -0.39 is 5.85 Å². The maximum Gasteiger partial charge on any atom is 0.242 e. The molecule has 0 saturated carbocycles. The highest BCUT2D eigenvalue weighted by Crippen LogP contribution is 2.39. The minimum Gasteiger partial charge on any atom is -0.350 e. The first-order chi connectivity index (χ1) is 8.99. The summed E-state index contributed by atoms with van der Waals surface area (Å²) in [5, 5.41) is 17.3. The van der Waals surface area contributed by atoms with Gasteiger partial charge in [-0.3, -0.25) is 0 Å². The van der Waals surface area contributed by atoms with E-state index in [1.165, 1.54) is 5.56 Å². The maximum atomic E-state index is 10.9. The number of anilines is 2. The Balaban J connectivity index is 2.10. The second-order valence-corrected chi connectivity index (χ2v) is 5.28. The molecule has 0 radical (unpaired) electrons. The Morgan fingerprint density at radius 1 is 0.895 bits per heavy atom. The van der Waals surface area contributed by atoms with Crippen LogP contribution < -0.4 is 10.6 Å². The maximum absolute atomic E-state index is 10.9. The van der Waals surface area contributed by atoms with Gasteiger partial charge >= 0.3 is 0 Å². The van der Waals surface area contributed by atoms with Gasteiger partial charge in [0.1, 0.15) is 0 Å². The summed E-state index contributed by atoms with van der Waals surface area (Å²) in [4.78, 5) is 0. The third-order valence-electron chi connectivity index (χ3n) is 3.60. The van der Waals surface area contributed by atoms with Crippen molar-refractivity contribution < 1.29 is 5.11 Å². The van der Waals surface area contributed by atoms with Gasteiger partial charge in [-0.2, -0.15) is 0 Å². The minimum atomic E-state index is -1.23. The van der Waals surface area contributed by atoms with Crippen LogP contribution in [0.3, 0.4) is 0 Å². The van der Waals surface area contributed by atoms with E-state index in [0.717, 1.165) is 28.1 Å². The van der Waals surface area contributed by atoms with E-state index in [4.69, 9.17) is 0 Å². The highest BCUT2D eigenvalue weighted by molar-refractivity contribution is 5.76. The van der Waals surface area contributed by atoms with E-state index in [2.05, 4.69) is 29.7 Å². The van der Waals surface area contributed by atoms with Crippen molar-refractivity contribution in [2.24, 2.45) is 0 Å². The molecule has 0 amide bonds. The van der Waals surface area contributed by atoms with Gasteiger partial charge in [-0.1, -0.05) is 29.8 Å². The Morgan fingerprint density at radius 2 is 1.37 bits per heavy atom. The first-order valence-electron chi connectivity index (χ1n) is 6.46. The van der Waals surface area contributed by atoms with E-state index in [9.17, 15) is 5.11 Å². The number of aliphatic hydroxyl groups is 1. The summed E-state index contributed by atoms with van der Waals surface area (Å²) >= 11 is 0. The molecule has 1 heterocycles. The Kier molecular flexibility index (Phi) is 2.54. The minimum absolute atomic E-state index is 0.898. The molecule has 0 spiro atoms. The highest BCUT2D eigenvalue weighted by Gasteiger charge is 2.37. The third kappa shape index (κ3) is 1.87. The fourth-order valence-corrected chi connectivity index (χ4v) is 3.00. The van der Waals surface area contributed by atoms with Gasteiger partial charge in [0.2, 0.25) is 5.85 Å². The monoisotopic (exact) mass is 254 g/mol. The number of nitrogens with one attached hydrogen (secondary N) is 2. The van der Waals surface area contributed by atoms with E-state index in [1.807, 2.05) is 38.1 Å². The van der Waals surface area contributed by atoms with Crippen LogP contribution in [0.15, 0.2) is 36.4 Å². The molecule has 19 heavy (non-hydrogen) atoms. The average Bonchev–Trinajstić information content (AvgIpc) is 2.63. The fraction of sp³-hybridized carbons (Fsp3) is 0.250. The van der Waals surface area contributed by atoms with Gasteiger partial charge in [0.15, 0.2) is 0 Å². The predicted octanol–water partition coefficient (Wildman–Crippen LogP) is 3.25. The van der Waals surface area contributed by atoms with Crippen LogP contribution in [0.5, 0.6) is 0 Å². The number of rotatable bonds is 1. The van der Waals surface area contributed by atoms with E-state index in [-0.39, 0.29) is 0 Å². The Morgan fingerprint density at radius 3 is 1.84 bits per heavy atom. The molecule has 3 nitrogen and oxygen atoms in total. The summed E-state index contributed by atoms with van der Waals surface area (Å²) in [5.41, 5.74) is 6.10. The largest absolute Gasteiger partial charge is 0.350 e. The van der Waals surface area contributed by atoms with Crippen molar-refractivity contribution in [2.45, 2.75) is 26.6 Å². The Labute approximate surface area is 113 Å². The average molecular weight is 254 g/mol. The molecule has 3 N–H and O–H groups in total. The summed E-state index contributed by atoms with van der Waals surface area (Å²) in [5.74, 6) is -1.23. The predicted molar refractivity (Wildman–Crippen MR) is 78.2 cm³/mol. The molecule has 1 aliphatic rings. The van der Waals surface area contributed by atoms with E-state index >= 15 is 0 Å². The molecule has 0 atom stereocenters. The third-order valence-corrected chi connectivity index (χ3v) is 3.60. The second-order valence-electron chi connectivity index (χ2n) is 5.28. The van der Waals surface area contributed by atoms with Crippen LogP contribution in [-0.2, 0) is 5.85 Å². The molecular formula is C16H18N2O. The van der Waals surface area contributed by atoms with Crippen LogP contribution in [0, 0.1) is 20.8 Å². The summed E-state index contributed by atoms with van der Waals surface area (Å²) in [7, 11) is 0. The van der Waals surface area contributed by atoms with Gasteiger partial charge in [0.05, 0.1) is 11.4 Å². The lowest BCUT2D eigenvalue weighted by molar-refractivity contribution is 0.103. The molecule has 0 unspecified atom stereocenters. The molecule has 2 aromatic carbocycles. The zero-order chi connectivity index (χ0) is 13.6. The summed E-state index contributed by atoms with van der Waals surface area (Å²) in [6, 6.07) is 12.0. The van der Waals surface area contributed by atoms with Gasteiger partial charge in [-0.25, -0.2) is 0 Å². The summed E-state index contributed by atoms with van der Waals surface area (Å²) in [6.07, 6.45) is 0. The molecule has 3 heteroatoms. The molecule has 0 saturated heterocycles. The van der Waals surface area contributed by atoms with Crippen molar-refractivity contribution in [2.75, 3.05) is 10.6 Å². The van der Waals surface area contributed by atoms with Gasteiger partial charge < -0.3 is 15.7 Å². The van der Waals surface area contributed by atoms with Crippen LogP contribution in [0.2, 0.25) is 0 Å². The molecular weight excluding hydrogens is 236 g/mol. The molecule has 0 aliphatic carbocycles. The van der Waals surface area contributed by atoms with Crippen LogP contribution in [-0.4, -0.2) is 5.11 Å². The fourth-order valence-electron chi connectivity index (χ4n) is 3.00. The molecule has 0 bridgehead atoms. The molecule has 1 aliphatic heterocycles. The van der Waals surface area contributed by atoms with Crippen molar-refractivity contribution in [3.63, 3.8) is 0 Å². The highest BCUT2D eigenvalue weighted by atomic mass is 16.3. The smallest absolute Gasteiger partial charge is 0.242 e. The van der Waals surface area contributed by atoms with Crippen LogP contribution in [0.4, 0.5) is 11.4 Å². The van der Waals surface area contributed by atoms with Crippen LogP contribution in [0.25, 0.3) is 0 Å². The van der Waals surface area contributed by atoms with Crippen molar-refractivity contribution in [3.8, 4) is 0 Å². The first-order valence-corrected chi connectivity index (χ1v) is 6.46. The topological polar surface area (TPSA) is 44.3 Å². The zero-order valence-corrected chi connectivity index (χ0v) is 11.4. The number of para-hydroxylation sites is 2. The number of fused-ring (bicyclic) bond motifs is 1. The van der Waals surface area contributed by atoms with Crippen LogP contribution >= 0.6 is 0 Å². The number of benzene rings is 2. The van der Waals surface area contributed by atoms with Crippen molar-refractivity contribution in [1.29, 1.82) is 0 Å². The Bertz CT molecular complexity index is 601. The number of aryl methyl sites for hydroxylation is 3. The molecule has 0 aromatic heterocycles. The van der Waals surface area contributed by atoms with Gasteiger partial charge in [0.25, 0.3) is 0 Å². The molecule has 3 rings (SSSR count). The first kappa shape index (κ1) is 12.1. The summed E-state index contributed by atoms with van der Waals surface area (Å²) < 4.78 is 0. The van der Waals surface area contributed by atoms with Gasteiger partial charge in [-0.05, 0) is 44.0 Å². The van der Waals surface area contributed by atoms with Gasteiger partial charge in [-0.15, -0.1) is 0 Å². The SMILES string of the molecule is Cc1cc(C)c(C2(O)Nc3ccccc3N2)c(C)c1. The van der Waals surface area contributed by atoms with Crippen molar-refractivity contribution >= 4 is 11.4 Å². The van der Waals surface area contributed by atoms with Crippen LogP contribution in [0.1, 0.15) is 22.3 Å². The quantitative estimate of drug-likeness (QED) is 0.732. The molecule has 2 aromatic rings. The lowest BCUT2D eigenvalue weighted by Crippen LogP contribution is -2.39. The van der Waals surface area contributed by atoms with E-state index in [1.54, 1.807) is 0 Å². The van der Waals surface area contributed by atoms with E-state index in [0.29, 0.717) is 0 Å². The zero-order valence-electron chi connectivity index (χ0n) is 11.4. The molecule has 0 fully saturated rings. The normalized spacial score (nSPS) is 15.6. The standard InChI is InChI=1S/C16H18N2O/c1-10-8-11(2)15(12(3)9-10)16(19)17-13-6-4-5-7-14(13)18-16/h4-9,17-19H,1-3H3. The van der Waals surface area contributed by atoms with Gasteiger partial charge in [0, 0.05) is 5.56 Å². The lowest BCUT2D eigenvalue weighted by Gasteiger charge is -2.28. The number of hydrogen-bond donors (Lipinski definition) is 3. The molecule has 98 valence electrons.